The van der Waals surface area contributed by atoms with Gasteiger partial charge in [-0.05, 0) is 32.6 Å². The van der Waals surface area contributed by atoms with Gasteiger partial charge < -0.3 is 16.2 Å². The van der Waals surface area contributed by atoms with Crippen molar-refractivity contribution in [2.45, 2.75) is 52.0 Å². The van der Waals surface area contributed by atoms with Crippen molar-refractivity contribution in [1.29, 1.82) is 0 Å². The predicted molar refractivity (Wildman–Crippen MR) is 69.0 cm³/mol. The second kappa shape index (κ2) is 5.26. The first-order valence-corrected chi connectivity index (χ1v) is 6.48. The molecule has 0 spiro atoms. The summed E-state index contributed by atoms with van der Waals surface area (Å²) in [5, 5.41) is 11.7. The maximum atomic E-state index is 12.1. The van der Waals surface area contributed by atoms with Crippen molar-refractivity contribution in [2.24, 2.45) is 17.1 Å². The van der Waals surface area contributed by atoms with Crippen LogP contribution in [-0.4, -0.2) is 29.1 Å². The lowest BCUT2D eigenvalue weighted by molar-refractivity contribution is -0.147. The molecule has 0 saturated heterocycles. The molecular weight excluding hydrogens is 232 g/mol. The third kappa shape index (κ3) is 3.45. The van der Waals surface area contributed by atoms with Crippen LogP contribution in [0.4, 0.5) is 0 Å². The molecule has 0 aromatic carbocycles. The van der Waals surface area contributed by atoms with Gasteiger partial charge in [-0.1, -0.05) is 19.8 Å². The number of aliphatic carboxylic acids is 1. The van der Waals surface area contributed by atoms with Gasteiger partial charge in [-0.2, -0.15) is 0 Å². The lowest BCUT2D eigenvalue weighted by Gasteiger charge is -2.36. The Balaban J connectivity index is 2.57. The third-order valence-corrected chi connectivity index (χ3v) is 3.75. The van der Waals surface area contributed by atoms with Gasteiger partial charge in [-0.25, -0.2) is 0 Å². The van der Waals surface area contributed by atoms with Crippen molar-refractivity contribution in [3.8, 4) is 0 Å². The molecule has 1 rings (SSSR count). The molecule has 0 aliphatic heterocycles. The standard InChI is InChI=1S/C13H24N2O3/c1-9-5-4-6-13(14,7-9)10(16)15-8-12(2,3)11(17)18/h9H,4-8,14H2,1-3H3,(H,15,16)(H,17,18). The van der Waals surface area contributed by atoms with Gasteiger partial charge in [0.05, 0.1) is 11.0 Å². The van der Waals surface area contributed by atoms with E-state index in [9.17, 15) is 9.59 Å². The minimum absolute atomic E-state index is 0.106. The first-order valence-electron chi connectivity index (χ1n) is 6.48. The molecule has 0 heterocycles. The Morgan fingerprint density at radius 1 is 1.50 bits per heavy atom. The Hall–Kier alpha value is -1.10. The highest BCUT2D eigenvalue weighted by Crippen LogP contribution is 2.30. The van der Waals surface area contributed by atoms with Gasteiger partial charge in [0.15, 0.2) is 0 Å². The van der Waals surface area contributed by atoms with Crippen molar-refractivity contribution in [3.63, 3.8) is 0 Å². The minimum Gasteiger partial charge on any atom is -0.481 e. The average Bonchev–Trinajstić information content (AvgIpc) is 2.25. The molecule has 5 nitrogen and oxygen atoms in total. The van der Waals surface area contributed by atoms with Crippen molar-refractivity contribution >= 4 is 11.9 Å². The number of hydrogen-bond donors (Lipinski definition) is 3. The van der Waals surface area contributed by atoms with Gasteiger partial charge in [0, 0.05) is 6.54 Å². The summed E-state index contributed by atoms with van der Waals surface area (Å²) in [5.41, 5.74) is 4.35. The summed E-state index contributed by atoms with van der Waals surface area (Å²) in [7, 11) is 0. The molecule has 0 radical (unpaired) electrons. The molecule has 0 aromatic heterocycles. The summed E-state index contributed by atoms with van der Waals surface area (Å²) in [6.45, 7) is 5.37. The van der Waals surface area contributed by atoms with E-state index in [1.165, 1.54) is 0 Å². The third-order valence-electron chi connectivity index (χ3n) is 3.75. The number of carbonyl (C=O) groups excluding carboxylic acids is 1. The highest BCUT2D eigenvalue weighted by molar-refractivity contribution is 5.86. The first kappa shape index (κ1) is 15.0. The molecule has 18 heavy (non-hydrogen) atoms. The summed E-state index contributed by atoms with van der Waals surface area (Å²) < 4.78 is 0. The topological polar surface area (TPSA) is 92.4 Å². The number of carbonyl (C=O) groups is 2. The van der Waals surface area contributed by atoms with E-state index in [1.54, 1.807) is 13.8 Å². The number of hydrogen-bond acceptors (Lipinski definition) is 3. The van der Waals surface area contributed by atoms with Crippen LogP contribution in [0.3, 0.4) is 0 Å². The van der Waals surface area contributed by atoms with Crippen LogP contribution in [0.25, 0.3) is 0 Å². The summed E-state index contributed by atoms with van der Waals surface area (Å²) in [4.78, 5) is 23.1. The molecule has 104 valence electrons. The zero-order valence-electron chi connectivity index (χ0n) is 11.5. The monoisotopic (exact) mass is 256 g/mol. The normalized spacial score (nSPS) is 28.8. The maximum absolute atomic E-state index is 12.1. The Labute approximate surface area is 108 Å². The van der Waals surface area contributed by atoms with E-state index in [2.05, 4.69) is 12.2 Å². The Bertz CT molecular complexity index is 341. The summed E-state index contributed by atoms with van der Waals surface area (Å²) in [6, 6.07) is 0. The number of nitrogens with two attached hydrogens (primary N) is 1. The van der Waals surface area contributed by atoms with E-state index in [0.717, 1.165) is 12.8 Å². The molecule has 0 bridgehead atoms. The van der Waals surface area contributed by atoms with Gasteiger partial charge in [-0.3, -0.25) is 9.59 Å². The maximum Gasteiger partial charge on any atom is 0.310 e. The Morgan fingerprint density at radius 3 is 2.61 bits per heavy atom. The molecule has 1 aliphatic carbocycles. The fraction of sp³-hybridized carbons (Fsp3) is 0.846. The second-order valence-electron chi connectivity index (χ2n) is 6.23. The van der Waals surface area contributed by atoms with Crippen LogP contribution in [0, 0.1) is 11.3 Å². The van der Waals surface area contributed by atoms with Crippen molar-refractivity contribution in [1.82, 2.24) is 5.32 Å². The van der Waals surface area contributed by atoms with E-state index in [1.807, 2.05) is 0 Å². The molecule has 2 atom stereocenters. The van der Waals surface area contributed by atoms with Crippen molar-refractivity contribution in [3.05, 3.63) is 0 Å². The fourth-order valence-electron chi connectivity index (χ4n) is 2.35. The minimum atomic E-state index is -0.966. The van der Waals surface area contributed by atoms with E-state index < -0.39 is 16.9 Å². The molecule has 4 N–H and O–H groups in total. The Kier molecular flexibility index (Phi) is 4.37. The largest absolute Gasteiger partial charge is 0.481 e. The molecule has 0 aromatic rings. The molecule has 1 amide bonds. The SMILES string of the molecule is CC1CCCC(N)(C(=O)NCC(C)(C)C(=O)O)C1. The van der Waals surface area contributed by atoms with Crippen LogP contribution in [-0.2, 0) is 9.59 Å². The zero-order valence-corrected chi connectivity index (χ0v) is 11.5. The van der Waals surface area contributed by atoms with Crippen LogP contribution >= 0.6 is 0 Å². The van der Waals surface area contributed by atoms with E-state index >= 15 is 0 Å². The number of nitrogens with one attached hydrogen (secondary N) is 1. The molecular formula is C13H24N2O3. The van der Waals surface area contributed by atoms with Gasteiger partial charge in [-0.15, -0.1) is 0 Å². The fourth-order valence-corrected chi connectivity index (χ4v) is 2.35. The average molecular weight is 256 g/mol. The number of carboxylic acid groups (broad SMARTS) is 1. The molecule has 2 unspecified atom stereocenters. The molecule has 5 heteroatoms. The van der Waals surface area contributed by atoms with Crippen LogP contribution in [0.15, 0.2) is 0 Å². The lowest BCUT2D eigenvalue weighted by Crippen LogP contribution is -2.57. The molecule has 1 saturated carbocycles. The first-order chi connectivity index (χ1) is 8.17. The predicted octanol–water partition coefficient (Wildman–Crippen LogP) is 1.12. The second-order valence-corrected chi connectivity index (χ2v) is 6.23. The smallest absolute Gasteiger partial charge is 0.310 e. The van der Waals surface area contributed by atoms with Gasteiger partial charge in [0.1, 0.15) is 0 Å². The lowest BCUT2D eigenvalue weighted by atomic mass is 9.76. The quantitative estimate of drug-likeness (QED) is 0.702. The molecule has 1 fully saturated rings. The van der Waals surface area contributed by atoms with Crippen molar-refractivity contribution in [2.75, 3.05) is 6.54 Å². The number of carboxylic acids is 1. The highest BCUT2D eigenvalue weighted by atomic mass is 16.4. The van der Waals surface area contributed by atoms with Crippen LogP contribution < -0.4 is 11.1 Å². The van der Waals surface area contributed by atoms with Crippen LogP contribution in [0.2, 0.25) is 0 Å². The summed E-state index contributed by atoms with van der Waals surface area (Å²) >= 11 is 0. The van der Waals surface area contributed by atoms with Crippen LogP contribution in [0.1, 0.15) is 46.5 Å². The number of rotatable bonds is 4. The zero-order chi connectivity index (χ0) is 14.0. The van der Waals surface area contributed by atoms with Gasteiger partial charge in [0.2, 0.25) is 5.91 Å². The highest BCUT2D eigenvalue weighted by Gasteiger charge is 2.39. The van der Waals surface area contributed by atoms with E-state index in [0.29, 0.717) is 18.8 Å². The van der Waals surface area contributed by atoms with Crippen molar-refractivity contribution < 1.29 is 14.7 Å². The Morgan fingerprint density at radius 2 is 2.11 bits per heavy atom. The summed E-state index contributed by atoms with van der Waals surface area (Å²) in [5.74, 6) is -0.698. The number of amides is 1. The van der Waals surface area contributed by atoms with Crippen LogP contribution in [0.5, 0.6) is 0 Å². The molecule has 1 aliphatic rings. The van der Waals surface area contributed by atoms with E-state index in [-0.39, 0.29) is 12.5 Å². The van der Waals surface area contributed by atoms with Gasteiger partial charge in [0.25, 0.3) is 0 Å². The summed E-state index contributed by atoms with van der Waals surface area (Å²) in [6.07, 6.45) is 3.41. The van der Waals surface area contributed by atoms with E-state index in [4.69, 9.17) is 10.8 Å². The van der Waals surface area contributed by atoms with Gasteiger partial charge >= 0.3 is 5.97 Å².